The van der Waals surface area contributed by atoms with E-state index in [1.165, 1.54) is 87.7 Å². The average Bonchev–Trinajstić information content (AvgIpc) is 3.62. The Balaban J connectivity index is 4.35. The van der Waals surface area contributed by atoms with Crippen LogP contribution < -0.4 is 21.3 Å². The van der Waals surface area contributed by atoms with Gasteiger partial charge in [0.1, 0.15) is 60.4 Å². The number of nitrogens with one attached hydrogen (secondary N) is 4. The third-order valence-corrected chi connectivity index (χ3v) is 16.2. The van der Waals surface area contributed by atoms with Crippen LogP contribution in [0.3, 0.4) is 0 Å². The van der Waals surface area contributed by atoms with Crippen LogP contribution in [0.1, 0.15) is 163 Å². The molecule has 23 heteroatoms. The summed E-state index contributed by atoms with van der Waals surface area (Å²) in [6, 6.07) is -12.3. The molecule has 1 rings (SSSR count). The highest BCUT2D eigenvalue weighted by atomic mass is 16.3. The van der Waals surface area contributed by atoms with Gasteiger partial charge in [-0.2, -0.15) is 0 Å². The Kier molecular flexibility index (Phi) is 32.3. The zero-order valence-corrected chi connectivity index (χ0v) is 56.8. The third-order valence-electron chi connectivity index (χ3n) is 16.2. The number of nitrogens with zero attached hydrogens (tertiary/aromatic N) is 7. The molecule has 0 aliphatic carbocycles. The molecule has 0 radical (unpaired) electrons. The standard InChI is InChI=1S/C63H113N11O12/c1-25-27-28-41(15)53(76)52-57(80)66-44(26-2)59(82)68(18)34-50(75)69(19)45(29-35(3)4)56(79)67-51(40(13)14)63(86)70(20)46(30-36(5)6)55(78)64-42(16)54(77)65-43(17)58(81)71(21)47(31-37(7)8)60(83)72(22)48(32-38(9)10)61(84)73(23)49(33-39(11)12)62(85)74(52)24/h25,27,35-49,51-53,76H,26,28-34H2,1-24H3,(H,64,78)(H,65,77)(H,66,80)(H,67,79)/b27-25+/t41-,42+,43-,44+,45+,46+,47+,48+,49+,51+,52+,53-/m1/s1. The number of rotatable bonds is 16. The number of carbonyl (C=O) groups is 11. The first kappa shape index (κ1) is 77.9. The minimum atomic E-state index is -1.61. The van der Waals surface area contributed by atoms with Crippen molar-refractivity contribution in [1.82, 2.24) is 55.6 Å². The summed E-state index contributed by atoms with van der Waals surface area (Å²) >= 11 is 0. The molecule has 1 fully saturated rings. The largest absolute Gasteiger partial charge is 0.390 e. The van der Waals surface area contributed by atoms with Crippen molar-refractivity contribution in [3.05, 3.63) is 12.2 Å². The van der Waals surface area contributed by atoms with E-state index < -0.39 is 150 Å². The highest BCUT2D eigenvalue weighted by Gasteiger charge is 2.45. The number of allylic oxidation sites excluding steroid dienone is 2. The molecule has 5 N–H and O–H groups in total. The van der Waals surface area contributed by atoms with Gasteiger partial charge in [-0.15, -0.1) is 0 Å². The van der Waals surface area contributed by atoms with E-state index in [4.69, 9.17) is 0 Å². The molecule has 86 heavy (non-hydrogen) atoms. The fourth-order valence-electron chi connectivity index (χ4n) is 10.7. The molecule has 1 aliphatic heterocycles. The van der Waals surface area contributed by atoms with Crippen LogP contribution in [0.2, 0.25) is 0 Å². The van der Waals surface area contributed by atoms with E-state index in [0.717, 1.165) is 9.80 Å². The summed E-state index contributed by atoms with van der Waals surface area (Å²) in [6.07, 6.45) is 3.16. The first-order valence-electron chi connectivity index (χ1n) is 31.0. The van der Waals surface area contributed by atoms with Crippen molar-refractivity contribution in [1.29, 1.82) is 0 Å². The summed E-state index contributed by atoms with van der Waals surface area (Å²) < 4.78 is 0. The van der Waals surface area contributed by atoms with Crippen LogP contribution in [-0.4, -0.2) is 227 Å². The Morgan fingerprint density at radius 3 is 1.23 bits per heavy atom. The minimum absolute atomic E-state index is 0.0242. The van der Waals surface area contributed by atoms with Gasteiger partial charge in [0.2, 0.25) is 65.0 Å². The molecular weight excluding hydrogens is 1100 g/mol. The summed E-state index contributed by atoms with van der Waals surface area (Å²) in [5.74, 6) is -9.26. The Labute approximate surface area is 515 Å². The summed E-state index contributed by atoms with van der Waals surface area (Å²) in [7, 11) is 9.96. The normalized spacial score (nSPS) is 26.7. The molecule has 12 atom stereocenters. The van der Waals surface area contributed by atoms with Gasteiger partial charge in [-0.3, -0.25) is 52.7 Å². The Bertz CT molecular complexity index is 2340. The zero-order chi connectivity index (χ0) is 66.7. The molecule has 1 aliphatic rings. The van der Waals surface area contributed by atoms with Crippen molar-refractivity contribution >= 4 is 65.0 Å². The predicted molar refractivity (Wildman–Crippen MR) is 333 cm³/mol. The number of hydrogen-bond donors (Lipinski definition) is 5. The summed E-state index contributed by atoms with van der Waals surface area (Å²) in [6.45, 7) is 29.7. The Morgan fingerprint density at radius 1 is 0.453 bits per heavy atom. The summed E-state index contributed by atoms with van der Waals surface area (Å²) in [4.78, 5) is 169. The first-order valence-corrected chi connectivity index (χ1v) is 31.0. The predicted octanol–water partition coefficient (Wildman–Crippen LogP) is 3.66. The van der Waals surface area contributed by atoms with Crippen molar-refractivity contribution < 1.29 is 57.8 Å². The fourth-order valence-corrected chi connectivity index (χ4v) is 10.7. The van der Waals surface area contributed by atoms with Crippen molar-refractivity contribution in [2.75, 3.05) is 55.9 Å². The van der Waals surface area contributed by atoms with Gasteiger partial charge in [-0.05, 0) is 107 Å². The van der Waals surface area contributed by atoms with Crippen LogP contribution in [0.4, 0.5) is 0 Å². The van der Waals surface area contributed by atoms with Gasteiger partial charge in [0.05, 0.1) is 12.6 Å². The van der Waals surface area contributed by atoms with E-state index in [1.807, 2.05) is 75.3 Å². The molecule has 11 amide bonds. The van der Waals surface area contributed by atoms with Crippen molar-refractivity contribution in [2.24, 2.45) is 41.4 Å². The number of likely N-dealkylation sites (N-methyl/N-ethyl adjacent to an activating group) is 7. The smallest absolute Gasteiger partial charge is 0.246 e. The lowest BCUT2D eigenvalue weighted by Gasteiger charge is -2.41. The minimum Gasteiger partial charge on any atom is -0.390 e. The summed E-state index contributed by atoms with van der Waals surface area (Å²) in [5.41, 5.74) is 0. The van der Waals surface area contributed by atoms with Crippen LogP contribution in [0.5, 0.6) is 0 Å². The molecule has 492 valence electrons. The maximum atomic E-state index is 15.2. The number of carbonyl (C=O) groups excluding carboxylic acids is 11. The lowest BCUT2D eigenvalue weighted by Crippen LogP contribution is -2.63. The van der Waals surface area contributed by atoms with E-state index in [-0.39, 0.29) is 68.1 Å². The second kappa shape index (κ2) is 35.6. The van der Waals surface area contributed by atoms with Crippen LogP contribution in [0.25, 0.3) is 0 Å². The number of amides is 11. The maximum Gasteiger partial charge on any atom is 0.246 e. The quantitative estimate of drug-likeness (QED) is 0.139. The SMILES string of the molecule is C/C=C/C[C@@H](C)[C@@H](O)[C@H]1C(=O)N[C@@H](CC)C(=O)N(C)CC(=O)N(C)[C@@H](CC(C)C)C(=O)N[C@@H](C(C)C)C(=O)N(C)[C@@H](CC(C)C)C(=O)N[C@@H](C)C(=O)N[C@H](C)C(=O)N(C)[C@@H](CC(C)C)C(=O)N(C)[C@@H](CC(C)C)C(=O)N(C)[C@@H](CC(C)C)C(=O)N1C. The molecular formula is C63H113N11O12. The van der Waals surface area contributed by atoms with Gasteiger partial charge in [0.15, 0.2) is 0 Å². The van der Waals surface area contributed by atoms with Crippen molar-refractivity contribution in [3.63, 3.8) is 0 Å². The number of aliphatic hydroxyl groups is 1. The maximum absolute atomic E-state index is 15.2. The van der Waals surface area contributed by atoms with Gasteiger partial charge in [-0.1, -0.05) is 109 Å². The molecule has 0 aromatic carbocycles. The van der Waals surface area contributed by atoms with E-state index in [0.29, 0.717) is 6.42 Å². The Morgan fingerprint density at radius 2 is 0.826 bits per heavy atom. The fraction of sp³-hybridized carbons (Fsp3) is 0.794. The van der Waals surface area contributed by atoms with Crippen LogP contribution in [-0.2, 0) is 52.7 Å². The van der Waals surface area contributed by atoms with E-state index in [1.54, 1.807) is 40.7 Å². The van der Waals surface area contributed by atoms with Gasteiger partial charge >= 0.3 is 0 Å². The van der Waals surface area contributed by atoms with Gasteiger partial charge in [0, 0.05) is 49.3 Å². The van der Waals surface area contributed by atoms with Crippen LogP contribution >= 0.6 is 0 Å². The molecule has 0 aromatic heterocycles. The van der Waals surface area contributed by atoms with Gasteiger partial charge < -0.3 is 60.7 Å². The average molecular weight is 1220 g/mol. The van der Waals surface area contributed by atoms with Crippen molar-refractivity contribution in [2.45, 2.75) is 229 Å². The van der Waals surface area contributed by atoms with Crippen LogP contribution in [0, 0.1) is 41.4 Å². The third kappa shape index (κ3) is 22.2. The second-order valence-electron chi connectivity index (χ2n) is 26.5. The zero-order valence-electron chi connectivity index (χ0n) is 56.8. The lowest BCUT2D eigenvalue weighted by molar-refractivity contribution is -0.156. The molecule has 0 spiro atoms. The van der Waals surface area contributed by atoms with Gasteiger partial charge in [0.25, 0.3) is 0 Å². The van der Waals surface area contributed by atoms with E-state index in [9.17, 15) is 48.3 Å². The molecule has 1 saturated heterocycles. The monoisotopic (exact) mass is 1220 g/mol. The number of aliphatic hydroxyl groups excluding tert-OH is 1. The second-order valence-corrected chi connectivity index (χ2v) is 26.5. The number of hydrogen-bond acceptors (Lipinski definition) is 12. The molecule has 23 nitrogen and oxygen atoms in total. The van der Waals surface area contributed by atoms with E-state index >= 15 is 9.59 Å². The highest BCUT2D eigenvalue weighted by Crippen LogP contribution is 2.26. The molecule has 0 unspecified atom stereocenters. The summed E-state index contributed by atoms with van der Waals surface area (Å²) in [5, 5.41) is 23.1. The first-order chi connectivity index (χ1) is 39.7. The van der Waals surface area contributed by atoms with Crippen LogP contribution in [0.15, 0.2) is 12.2 Å². The topological polar surface area (TPSA) is 279 Å². The van der Waals surface area contributed by atoms with E-state index in [2.05, 4.69) is 21.3 Å². The molecule has 0 bridgehead atoms. The molecule has 0 aromatic rings. The van der Waals surface area contributed by atoms with Gasteiger partial charge in [-0.25, -0.2) is 0 Å². The van der Waals surface area contributed by atoms with Crippen molar-refractivity contribution in [3.8, 4) is 0 Å². The lowest BCUT2D eigenvalue weighted by atomic mass is 9.91. The highest BCUT2D eigenvalue weighted by molar-refractivity contribution is 5.99. The molecule has 1 heterocycles. The Hall–Kier alpha value is -6.13. The molecule has 0 saturated carbocycles.